The molecule has 6 nitrogen and oxygen atoms in total. The molecule has 0 saturated heterocycles. The summed E-state index contributed by atoms with van der Waals surface area (Å²) in [5, 5.41) is 3.18. The zero-order valence-electron chi connectivity index (χ0n) is 17.1. The van der Waals surface area contributed by atoms with Gasteiger partial charge in [-0.15, -0.1) is 0 Å². The van der Waals surface area contributed by atoms with Gasteiger partial charge in [0.15, 0.2) is 0 Å². The first-order valence-corrected chi connectivity index (χ1v) is 11.4. The van der Waals surface area contributed by atoms with Gasteiger partial charge in [-0.2, -0.15) is 4.72 Å². The van der Waals surface area contributed by atoms with E-state index in [0.717, 1.165) is 11.1 Å². The van der Waals surface area contributed by atoms with Crippen molar-refractivity contribution in [2.24, 2.45) is 0 Å². The third kappa shape index (κ3) is 5.64. The van der Waals surface area contributed by atoms with E-state index in [0.29, 0.717) is 0 Å². The summed E-state index contributed by atoms with van der Waals surface area (Å²) in [7, 11) is -2.69. The van der Waals surface area contributed by atoms with Gasteiger partial charge >= 0.3 is 0 Å². The van der Waals surface area contributed by atoms with E-state index in [-0.39, 0.29) is 15.7 Å². The van der Waals surface area contributed by atoms with E-state index in [4.69, 9.17) is 16.3 Å². The van der Waals surface area contributed by atoms with Crippen molar-refractivity contribution >= 4 is 27.5 Å². The predicted molar refractivity (Wildman–Crippen MR) is 121 cm³/mol. The molecule has 0 spiro atoms. The van der Waals surface area contributed by atoms with Crippen molar-refractivity contribution in [1.29, 1.82) is 0 Å². The number of halogens is 1. The Morgan fingerprint density at radius 1 is 0.935 bits per heavy atom. The Morgan fingerprint density at radius 2 is 1.48 bits per heavy atom. The number of hydrogen-bond acceptors (Lipinski definition) is 4. The standard InChI is InChI=1S/C23H23ClN2O4S/c1-16(26-31(28,29)21-15-19(24)13-14-20(21)30-2)23(27)25-22(17-9-5-3-6-10-17)18-11-7-4-8-12-18/h3-16,22,26H,1-2H3,(H,25,27)/t16-/m1/s1. The Balaban J connectivity index is 1.82. The summed E-state index contributed by atoms with van der Waals surface area (Å²) in [6.45, 7) is 1.48. The van der Waals surface area contributed by atoms with Crippen LogP contribution in [0.15, 0.2) is 83.8 Å². The molecule has 0 saturated carbocycles. The molecule has 0 radical (unpaired) electrons. The van der Waals surface area contributed by atoms with Gasteiger partial charge in [-0.05, 0) is 36.2 Å². The number of methoxy groups -OCH3 is 1. The number of carbonyl (C=O) groups excluding carboxylic acids is 1. The van der Waals surface area contributed by atoms with E-state index in [1.54, 1.807) is 0 Å². The molecule has 1 amide bonds. The first kappa shape index (κ1) is 22.8. The van der Waals surface area contributed by atoms with Gasteiger partial charge in [-0.3, -0.25) is 4.79 Å². The van der Waals surface area contributed by atoms with Gasteiger partial charge in [0.1, 0.15) is 10.6 Å². The normalized spacial score (nSPS) is 12.4. The average Bonchev–Trinajstić information content (AvgIpc) is 2.78. The number of hydrogen-bond donors (Lipinski definition) is 2. The Kier molecular flexibility index (Phi) is 7.33. The summed E-state index contributed by atoms with van der Waals surface area (Å²) < 4.78 is 33.3. The van der Waals surface area contributed by atoms with Gasteiger partial charge in [0.25, 0.3) is 0 Å². The van der Waals surface area contributed by atoms with E-state index in [1.807, 2.05) is 60.7 Å². The van der Waals surface area contributed by atoms with E-state index in [1.165, 1.54) is 32.2 Å². The number of nitrogens with one attached hydrogen (secondary N) is 2. The molecule has 0 aliphatic rings. The number of sulfonamides is 1. The zero-order valence-corrected chi connectivity index (χ0v) is 18.7. The van der Waals surface area contributed by atoms with Crippen LogP contribution in [0.25, 0.3) is 0 Å². The number of ether oxygens (including phenoxy) is 1. The van der Waals surface area contributed by atoms with E-state index in [9.17, 15) is 13.2 Å². The van der Waals surface area contributed by atoms with E-state index < -0.39 is 28.0 Å². The molecular formula is C23H23ClN2O4S. The van der Waals surface area contributed by atoms with Crippen LogP contribution in [-0.4, -0.2) is 27.5 Å². The SMILES string of the molecule is COc1ccc(Cl)cc1S(=O)(=O)N[C@H](C)C(=O)NC(c1ccccc1)c1ccccc1. The molecule has 0 unspecified atom stereocenters. The number of amides is 1. The van der Waals surface area contributed by atoms with Crippen LogP contribution in [0.4, 0.5) is 0 Å². The van der Waals surface area contributed by atoms with Crippen LogP contribution in [0.5, 0.6) is 5.75 Å². The fourth-order valence-electron chi connectivity index (χ4n) is 3.13. The first-order valence-electron chi connectivity index (χ1n) is 9.58. The molecule has 8 heteroatoms. The van der Waals surface area contributed by atoms with Crippen LogP contribution in [0.3, 0.4) is 0 Å². The third-order valence-electron chi connectivity index (χ3n) is 4.69. The fraction of sp³-hybridized carbons (Fsp3) is 0.174. The van der Waals surface area contributed by atoms with Crippen molar-refractivity contribution in [3.63, 3.8) is 0 Å². The highest BCUT2D eigenvalue weighted by atomic mass is 35.5. The van der Waals surface area contributed by atoms with Gasteiger partial charge < -0.3 is 10.1 Å². The molecule has 3 rings (SSSR count). The Morgan fingerprint density at radius 3 is 2.00 bits per heavy atom. The highest BCUT2D eigenvalue weighted by molar-refractivity contribution is 7.89. The molecule has 3 aromatic carbocycles. The molecule has 0 heterocycles. The van der Waals surface area contributed by atoms with Gasteiger partial charge in [0, 0.05) is 5.02 Å². The largest absolute Gasteiger partial charge is 0.495 e. The van der Waals surface area contributed by atoms with Crippen LogP contribution >= 0.6 is 11.6 Å². The monoisotopic (exact) mass is 458 g/mol. The van der Waals surface area contributed by atoms with Crippen molar-refractivity contribution in [2.75, 3.05) is 7.11 Å². The van der Waals surface area contributed by atoms with Crippen molar-refractivity contribution < 1.29 is 17.9 Å². The fourth-order valence-corrected chi connectivity index (χ4v) is 4.76. The second-order valence-corrected chi connectivity index (χ2v) is 9.02. The highest BCUT2D eigenvalue weighted by Crippen LogP contribution is 2.27. The maximum atomic E-state index is 12.9. The summed E-state index contributed by atoms with van der Waals surface area (Å²) >= 11 is 5.96. The predicted octanol–water partition coefficient (Wildman–Crippen LogP) is 3.92. The molecule has 0 aliphatic carbocycles. The van der Waals surface area contributed by atoms with Gasteiger partial charge in [0.2, 0.25) is 15.9 Å². The number of carbonyl (C=O) groups is 1. The third-order valence-corrected chi connectivity index (χ3v) is 6.49. The number of rotatable bonds is 8. The van der Waals surface area contributed by atoms with Crippen LogP contribution in [0.2, 0.25) is 5.02 Å². The van der Waals surface area contributed by atoms with Gasteiger partial charge in [0.05, 0.1) is 19.2 Å². The maximum absolute atomic E-state index is 12.9. The molecule has 0 fully saturated rings. The molecule has 0 aliphatic heterocycles. The average molecular weight is 459 g/mol. The Bertz CT molecular complexity index is 1100. The summed E-state index contributed by atoms with van der Waals surface area (Å²) in [6.07, 6.45) is 0. The van der Waals surface area contributed by atoms with Crippen LogP contribution in [-0.2, 0) is 14.8 Å². The topological polar surface area (TPSA) is 84.5 Å². The minimum atomic E-state index is -4.06. The summed E-state index contributed by atoms with van der Waals surface area (Å²) in [6, 6.07) is 21.7. The number of benzene rings is 3. The maximum Gasteiger partial charge on any atom is 0.245 e. The van der Waals surface area contributed by atoms with Crippen LogP contribution in [0, 0.1) is 0 Å². The van der Waals surface area contributed by atoms with Crippen LogP contribution < -0.4 is 14.8 Å². The molecule has 0 aromatic heterocycles. The summed E-state index contributed by atoms with van der Waals surface area (Å²) in [4.78, 5) is 12.8. The van der Waals surface area contributed by atoms with Crippen LogP contribution in [0.1, 0.15) is 24.1 Å². The molecular weight excluding hydrogens is 436 g/mol. The molecule has 3 aromatic rings. The van der Waals surface area contributed by atoms with E-state index >= 15 is 0 Å². The second kappa shape index (κ2) is 9.96. The lowest BCUT2D eigenvalue weighted by Crippen LogP contribution is -2.46. The zero-order chi connectivity index (χ0) is 22.4. The Labute approximate surface area is 187 Å². The molecule has 31 heavy (non-hydrogen) atoms. The molecule has 1 atom stereocenters. The smallest absolute Gasteiger partial charge is 0.245 e. The summed E-state index contributed by atoms with van der Waals surface area (Å²) in [5.41, 5.74) is 1.77. The molecule has 2 N–H and O–H groups in total. The lowest BCUT2D eigenvalue weighted by Gasteiger charge is -2.23. The van der Waals surface area contributed by atoms with Gasteiger partial charge in [-0.25, -0.2) is 8.42 Å². The van der Waals surface area contributed by atoms with Gasteiger partial charge in [-0.1, -0.05) is 72.3 Å². The summed E-state index contributed by atoms with van der Waals surface area (Å²) in [5.74, 6) is -0.335. The minimum absolute atomic E-state index is 0.134. The second-order valence-electron chi connectivity index (χ2n) is 6.90. The molecule has 0 bridgehead atoms. The quantitative estimate of drug-likeness (QED) is 0.535. The van der Waals surface area contributed by atoms with Crippen molar-refractivity contribution in [3.05, 3.63) is 95.0 Å². The van der Waals surface area contributed by atoms with Crippen molar-refractivity contribution in [1.82, 2.24) is 10.0 Å². The Hall–Kier alpha value is -2.87. The first-order chi connectivity index (χ1) is 14.8. The lowest BCUT2D eigenvalue weighted by molar-refractivity contribution is -0.122. The lowest BCUT2D eigenvalue weighted by atomic mass is 9.98. The van der Waals surface area contributed by atoms with Crippen molar-refractivity contribution in [2.45, 2.75) is 23.9 Å². The van der Waals surface area contributed by atoms with Crippen molar-refractivity contribution in [3.8, 4) is 5.75 Å². The highest BCUT2D eigenvalue weighted by Gasteiger charge is 2.27. The minimum Gasteiger partial charge on any atom is -0.495 e. The van der Waals surface area contributed by atoms with E-state index in [2.05, 4.69) is 10.0 Å². The molecule has 162 valence electrons.